The second-order valence-corrected chi connectivity index (χ2v) is 7.40. The van der Waals surface area contributed by atoms with Crippen LogP contribution in [0.3, 0.4) is 0 Å². The molecule has 0 bridgehead atoms. The van der Waals surface area contributed by atoms with Gasteiger partial charge in [-0.1, -0.05) is 5.16 Å². The van der Waals surface area contributed by atoms with E-state index in [9.17, 15) is 23.5 Å². The van der Waals surface area contributed by atoms with Crippen LogP contribution in [0, 0.1) is 11.6 Å². The fourth-order valence-corrected chi connectivity index (χ4v) is 3.63. The highest BCUT2D eigenvalue weighted by molar-refractivity contribution is 5.91. The number of nitrogens with zero attached hydrogens (tertiary/aromatic N) is 7. The van der Waals surface area contributed by atoms with Gasteiger partial charge in [-0.05, 0) is 24.3 Å². The Morgan fingerprint density at radius 1 is 1.23 bits per heavy atom. The molecule has 1 aliphatic heterocycles. The Bertz CT molecular complexity index is 1340. The normalized spacial score (nSPS) is 15.3. The number of rotatable bonds is 6. The topological polar surface area (TPSA) is 140 Å². The maximum Gasteiger partial charge on any atom is 0.414 e. The summed E-state index contributed by atoms with van der Waals surface area (Å²) >= 11 is 0. The van der Waals surface area contributed by atoms with Crippen molar-refractivity contribution in [2.45, 2.75) is 6.10 Å². The minimum Gasteiger partial charge on any atom is -0.465 e. The number of aromatic nitrogens is 5. The predicted molar refractivity (Wildman–Crippen MR) is 114 cm³/mol. The van der Waals surface area contributed by atoms with Crippen molar-refractivity contribution < 1.29 is 32.7 Å². The van der Waals surface area contributed by atoms with Crippen LogP contribution in [0.25, 0.3) is 16.9 Å². The summed E-state index contributed by atoms with van der Waals surface area (Å²) in [6, 6.07) is 6.34. The molecule has 0 unspecified atom stereocenters. The summed E-state index contributed by atoms with van der Waals surface area (Å²) in [4.78, 5) is 33.8. The lowest BCUT2D eigenvalue weighted by Gasteiger charge is -2.19. The summed E-state index contributed by atoms with van der Waals surface area (Å²) < 4.78 is 41.2. The minimum atomic E-state index is -1.33. The van der Waals surface area contributed by atoms with E-state index in [0.717, 1.165) is 21.9 Å². The Hall–Kier alpha value is -4.88. The molecule has 0 saturated carbocycles. The zero-order valence-corrected chi connectivity index (χ0v) is 17.7. The van der Waals surface area contributed by atoms with Gasteiger partial charge in [-0.25, -0.2) is 33.0 Å². The monoisotopic (exact) mass is 483 g/mol. The summed E-state index contributed by atoms with van der Waals surface area (Å²) in [6.45, 7) is -0.385. The van der Waals surface area contributed by atoms with Crippen molar-refractivity contribution in [1.82, 2.24) is 24.9 Å². The van der Waals surface area contributed by atoms with Crippen LogP contribution in [-0.4, -0.2) is 61.4 Å². The molecule has 178 valence electrons. The van der Waals surface area contributed by atoms with Crippen LogP contribution in [0.2, 0.25) is 0 Å². The molecular weight excluding hydrogens is 468 g/mol. The highest BCUT2D eigenvalue weighted by Gasteiger charge is 2.36. The van der Waals surface area contributed by atoms with Crippen LogP contribution in [0.15, 0.2) is 60.0 Å². The highest BCUT2D eigenvalue weighted by atomic mass is 19.1. The molecule has 14 heteroatoms. The Kier molecular flexibility index (Phi) is 5.52. The maximum atomic E-state index is 15.0. The SMILES string of the molecule is O=C1O[C@@H](CN(C(=O)O)c2ccon2)CN1c1cc(F)c(-c2ccc(-n3cncn3)nc2)c(F)c1. The lowest BCUT2D eigenvalue weighted by molar-refractivity contribution is 0.141. The molecule has 1 aliphatic rings. The first-order chi connectivity index (χ1) is 16.9. The molecule has 1 N–H and O–H groups in total. The van der Waals surface area contributed by atoms with E-state index in [1.165, 1.54) is 48.0 Å². The van der Waals surface area contributed by atoms with Gasteiger partial charge < -0.3 is 14.4 Å². The minimum absolute atomic E-state index is 0.0110. The van der Waals surface area contributed by atoms with Crippen molar-refractivity contribution in [2.75, 3.05) is 22.9 Å². The molecule has 2 amide bonds. The van der Waals surface area contributed by atoms with Crippen molar-refractivity contribution in [1.29, 1.82) is 0 Å². The van der Waals surface area contributed by atoms with Crippen molar-refractivity contribution >= 4 is 23.7 Å². The van der Waals surface area contributed by atoms with Crippen LogP contribution in [0.1, 0.15) is 0 Å². The summed E-state index contributed by atoms with van der Waals surface area (Å²) in [6.07, 6.45) is 2.14. The van der Waals surface area contributed by atoms with E-state index in [0.29, 0.717) is 5.82 Å². The van der Waals surface area contributed by atoms with Gasteiger partial charge in [0.2, 0.25) is 0 Å². The number of carboxylic acid groups (broad SMARTS) is 1. The Labute approximate surface area is 195 Å². The first-order valence-electron chi connectivity index (χ1n) is 10.1. The maximum absolute atomic E-state index is 15.0. The molecule has 1 fully saturated rings. The molecule has 4 aromatic rings. The molecule has 5 rings (SSSR count). The molecule has 1 atom stereocenters. The van der Waals surface area contributed by atoms with Gasteiger partial charge >= 0.3 is 12.2 Å². The summed E-state index contributed by atoms with van der Waals surface area (Å²) in [7, 11) is 0. The zero-order chi connectivity index (χ0) is 24.5. The third kappa shape index (κ3) is 4.23. The average Bonchev–Trinajstić information content (AvgIpc) is 3.60. The largest absolute Gasteiger partial charge is 0.465 e. The smallest absolute Gasteiger partial charge is 0.414 e. The van der Waals surface area contributed by atoms with Crippen molar-refractivity contribution in [3.05, 3.63) is 67.1 Å². The standard InChI is InChI=1S/C21H15F2N7O5/c22-15-5-13(6-16(23)19(15)12-1-2-17(25-7-12)30-11-24-10-26-30)28-8-14(35-21(28)33)9-29(20(31)32)18-3-4-34-27-18/h1-7,10-11,14H,8-9H2,(H,31,32)/t14-/m1/s1. The van der Waals surface area contributed by atoms with Gasteiger partial charge in [0.15, 0.2) is 11.6 Å². The summed E-state index contributed by atoms with van der Waals surface area (Å²) in [5, 5.41) is 16.9. The number of anilines is 2. The number of hydrogen-bond donors (Lipinski definition) is 1. The van der Waals surface area contributed by atoms with Gasteiger partial charge in [0.25, 0.3) is 0 Å². The van der Waals surface area contributed by atoms with E-state index in [4.69, 9.17) is 4.74 Å². The molecule has 1 aromatic carbocycles. The number of carbonyl (C=O) groups excluding carboxylic acids is 1. The van der Waals surface area contributed by atoms with E-state index in [-0.39, 0.29) is 35.7 Å². The van der Waals surface area contributed by atoms with Crippen LogP contribution >= 0.6 is 0 Å². The number of hydrogen-bond acceptors (Lipinski definition) is 8. The number of amides is 2. The molecule has 12 nitrogen and oxygen atoms in total. The van der Waals surface area contributed by atoms with Gasteiger partial charge in [0, 0.05) is 17.8 Å². The van der Waals surface area contributed by atoms with Crippen molar-refractivity contribution in [3.8, 4) is 16.9 Å². The van der Waals surface area contributed by atoms with Crippen LogP contribution in [-0.2, 0) is 4.74 Å². The summed E-state index contributed by atoms with van der Waals surface area (Å²) in [5.74, 6) is -1.41. The number of carbonyl (C=O) groups is 2. The van der Waals surface area contributed by atoms with Crippen LogP contribution in [0.5, 0.6) is 0 Å². The molecule has 0 radical (unpaired) electrons. The van der Waals surface area contributed by atoms with Gasteiger partial charge in [-0.3, -0.25) is 9.80 Å². The van der Waals surface area contributed by atoms with Gasteiger partial charge in [0.1, 0.15) is 36.7 Å². The van der Waals surface area contributed by atoms with Gasteiger partial charge in [-0.15, -0.1) is 0 Å². The van der Waals surface area contributed by atoms with E-state index in [2.05, 4.69) is 24.7 Å². The lowest BCUT2D eigenvalue weighted by atomic mass is 10.1. The first kappa shape index (κ1) is 21.9. The van der Waals surface area contributed by atoms with Crippen molar-refractivity contribution in [2.24, 2.45) is 0 Å². The van der Waals surface area contributed by atoms with Crippen LogP contribution in [0.4, 0.5) is 29.9 Å². The van der Waals surface area contributed by atoms with E-state index in [1.54, 1.807) is 0 Å². The highest BCUT2D eigenvalue weighted by Crippen LogP contribution is 2.32. The molecule has 4 heterocycles. The van der Waals surface area contributed by atoms with Gasteiger partial charge in [-0.2, -0.15) is 5.10 Å². The fraction of sp³-hybridized carbons (Fsp3) is 0.143. The Morgan fingerprint density at radius 2 is 2.03 bits per heavy atom. The third-order valence-electron chi connectivity index (χ3n) is 5.22. The molecule has 1 saturated heterocycles. The van der Waals surface area contributed by atoms with Crippen molar-refractivity contribution in [3.63, 3.8) is 0 Å². The first-order valence-corrected chi connectivity index (χ1v) is 10.1. The Morgan fingerprint density at radius 3 is 2.63 bits per heavy atom. The number of benzene rings is 1. The number of ether oxygens (including phenoxy) is 1. The lowest BCUT2D eigenvalue weighted by Crippen LogP contribution is -2.38. The Balaban J connectivity index is 1.35. The average molecular weight is 483 g/mol. The van der Waals surface area contributed by atoms with E-state index < -0.39 is 29.9 Å². The predicted octanol–water partition coefficient (Wildman–Crippen LogP) is 3.11. The zero-order valence-electron chi connectivity index (χ0n) is 17.7. The number of pyridine rings is 1. The van der Waals surface area contributed by atoms with Crippen LogP contribution < -0.4 is 9.80 Å². The van der Waals surface area contributed by atoms with E-state index in [1.807, 2.05) is 0 Å². The molecule has 35 heavy (non-hydrogen) atoms. The van der Waals surface area contributed by atoms with E-state index >= 15 is 0 Å². The fourth-order valence-electron chi connectivity index (χ4n) is 3.63. The second kappa shape index (κ2) is 8.81. The second-order valence-electron chi connectivity index (χ2n) is 7.40. The summed E-state index contributed by atoms with van der Waals surface area (Å²) in [5.41, 5.74) is -0.215. The quantitative estimate of drug-likeness (QED) is 0.438. The number of cyclic esters (lactones) is 1. The molecular formula is C21H15F2N7O5. The third-order valence-corrected chi connectivity index (χ3v) is 5.22. The number of halogens is 2. The van der Waals surface area contributed by atoms with Gasteiger partial charge in [0.05, 0.1) is 24.3 Å². The molecule has 0 aliphatic carbocycles. The molecule has 3 aromatic heterocycles. The molecule has 0 spiro atoms.